The van der Waals surface area contributed by atoms with Gasteiger partial charge in [0.25, 0.3) is 5.95 Å². The van der Waals surface area contributed by atoms with E-state index in [4.69, 9.17) is 0 Å². The number of hydrogen-bond acceptors (Lipinski definition) is 7. The fourth-order valence-corrected chi connectivity index (χ4v) is 1.72. The molecule has 0 unspecified atom stereocenters. The zero-order chi connectivity index (χ0) is 14.5. The van der Waals surface area contributed by atoms with Gasteiger partial charge < -0.3 is 5.32 Å². The van der Waals surface area contributed by atoms with Crippen LogP contribution in [0.15, 0.2) is 37.2 Å². The quantitative estimate of drug-likeness (QED) is 0.754. The van der Waals surface area contributed by atoms with Gasteiger partial charge in [-0.25, -0.2) is 4.98 Å². The van der Waals surface area contributed by atoms with Crippen molar-refractivity contribution in [2.24, 2.45) is 0 Å². The van der Waals surface area contributed by atoms with Crippen molar-refractivity contribution >= 4 is 5.95 Å². The molecule has 0 aliphatic heterocycles. The Hall–Kier alpha value is -2.90. The lowest BCUT2D eigenvalue weighted by Gasteiger charge is -2.07. The van der Waals surface area contributed by atoms with Gasteiger partial charge in [-0.1, -0.05) is 6.92 Å². The van der Waals surface area contributed by atoms with Gasteiger partial charge in [0.2, 0.25) is 5.95 Å². The molecule has 0 spiro atoms. The molecule has 0 fully saturated rings. The molecule has 0 saturated carbocycles. The molecule has 8 heteroatoms. The summed E-state index contributed by atoms with van der Waals surface area (Å²) in [6, 6.07) is 3.74. The summed E-state index contributed by atoms with van der Waals surface area (Å²) < 4.78 is 1.50. The molecule has 3 heterocycles. The number of aromatic nitrogens is 7. The van der Waals surface area contributed by atoms with E-state index in [2.05, 4.69) is 42.3 Å². The Balaban J connectivity index is 2.05. The van der Waals surface area contributed by atoms with Crippen molar-refractivity contribution in [1.29, 1.82) is 0 Å². The van der Waals surface area contributed by atoms with Crippen LogP contribution in [0, 0.1) is 0 Å². The molecule has 0 atom stereocenters. The molecule has 1 N–H and O–H groups in total. The first-order valence-corrected chi connectivity index (χ1v) is 6.62. The average Bonchev–Trinajstić information content (AvgIpc) is 3.08. The third-order valence-electron chi connectivity index (χ3n) is 2.70. The van der Waals surface area contributed by atoms with E-state index in [-0.39, 0.29) is 0 Å². The largest absolute Gasteiger partial charge is 0.354 e. The first kappa shape index (κ1) is 13.1. The topological polar surface area (TPSA) is 94.3 Å². The van der Waals surface area contributed by atoms with Crippen LogP contribution in [0.5, 0.6) is 0 Å². The van der Waals surface area contributed by atoms with E-state index in [1.165, 1.54) is 11.0 Å². The second-order valence-corrected chi connectivity index (χ2v) is 4.29. The molecule has 8 nitrogen and oxygen atoms in total. The zero-order valence-electron chi connectivity index (χ0n) is 11.5. The van der Waals surface area contributed by atoms with E-state index in [1.807, 2.05) is 12.1 Å². The number of nitrogens with one attached hydrogen (secondary N) is 1. The van der Waals surface area contributed by atoms with Crippen LogP contribution < -0.4 is 5.32 Å². The van der Waals surface area contributed by atoms with Crippen LogP contribution in [-0.2, 0) is 0 Å². The molecule has 0 aliphatic rings. The Kier molecular flexibility index (Phi) is 3.77. The molecule has 0 amide bonds. The third-order valence-corrected chi connectivity index (χ3v) is 2.70. The second-order valence-electron chi connectivity index (χ2n) is 4.29. The van der Waals surface area contributed by atoms with E-state index >= 15 is 0 Å². The molecule has 0 aromatic carbocycles. The molecule has 0 radical (unpaired) electrons. The van der Waals surface area contributed by atoms with Crippen molar-refractivity contribution in [3.05, 3.63) is 37.2 Å². The summed E-state index contributed by atoms with van der Waals surface area (Å²) in [6.45, 7) is 2.86. The van der Waals surface area contributed by atoms with Crippen LogP contribution in [-0.4, -0.2) is 41.2 Å². The summed E-state index contributed by atoms with van der Waals surface area (Å²) in [7, 11) is 0. The van der Waals surface area contributed by atoms with Gasteiger partial charge in [0.15, 0.2) is 5.82 Å². The fourth-order valence-electron chi connectivity index (χ4n) is 1.72. The molecule has 106 valence electrons. The second kappa shape index (κ2) is 6.04. The molecule has 0 saturated heterocycles. The summed E-state index contributed by atoms with van der Waals surface area (Å²) in [5.41, 5.74) is 0.820. The predicted octanol–water partition coefficient (Wildman–Crippen LogP) is 1.34. The van der Waals surface area contributed by atoms with Crippen LogP contribution >= 0.6 is 0 Å². The van der Waals surface area contributed by atoms with Crippen LogP contribution in [0.2, 0.25) is 0 Å². The predicted molar refractivity (Wildman–Crippen MR) is 76.8 cm³/mol. The van der Waals surface area contributed by atoms with Crippen molar-refractivity contribution in [2.45, 2.75) is 13.3 Å². The molecule has 0 bridgehead atoms. The Morgan fingerprint density at radius 1 is 1.19 bits per heavy atom. The maximum absolute atomic E-state index is 4.42. The highest BCUT2D eigenvalue weighted by molar-refractivity contribution is 5.55. The minimum Gasteiger partial charge on any atom is -0.354 e. The van der Waals surface area contributed by atoms with Gasteiger partial charge in [0.05, 0.1) is 0 Å². The molecular formula is C13H14N8. The average molecular weight is 282 g/mol. The first-order chi connectivity index (χ1) is 10.4. The molecule has 3 aromatic rings. The Morgan fingerprint density at radius 2 is 2.14 bits per heavy atom. The van der Waals surface area contributed by atoms with E-state index in [0.29, 0.717) is 17.7 Å². The molecule has 0 aliphatic carbocycles. The van der Waals surface area contributed by atoms with Crippen molar-refractivity contribution < 1.29 is 0 Å². The number of rotatable bonds is 5. The SMILES string of the molecule is CCCNc1nc(-c2cccnc2)nc(-n2cncn2)n1. The highest BCUT2D eigenvalue weighted by atomic mass is 15.4. The first-order valence-electron chi connectivity index (χ1n) is 6.62. The number of anilines is 1. The fraction of sp³-hybridized carbons (Fsp3) is 0.231. The van der Waals surface area contributed by atoms with Gasteiger partial charge in [-0.2, -0.15) is 24.7 Å². The summed E-state index contributed by atoms with van der Waals surface area (Å²) >= 11 is 0. The highest BCUT2D eigenvalue weighted by Crippen LogP contribution is 2.15. The lowest BCUT2D eigenvalue weighted by Crippen LogP contribution is -2.11. The monoisotopic (exact) mass is 282 g/mol. The van der Waals surface area contributed by atoms with Gasteiger partial charge in [0, 0.05) is 24.5 Å². The summed E-state index contributed by atoms with van der Waals surface area (Å²) in [5.74, 6) is 1.47. The normalized spacial score (nSPS) is 10.5. The highest BCUT2D eigenvalue weighted by Gasteiger charge is 2.10. The van der Waals surface area contributed by atoms with Crippen molar-refractivity contribution in [2.75, 3.05) is 11.9 Å². The lowest BCUT2D eigenvalue weighted by molar-refractivity contribution is 0.794. The van der Waals surface area contributed by atoms with Gasteiger partial charge >= 0.3 is 0 Å². The minimum atomic E-state index is 0.417. The maximum Gasteiger partial charge on any atom is 0.257 e. The Bertz CT molecular complexity index is 695. The van der Waals surface area contributed by atoms with Gasteiger partial charge in [-0.05, 0) is 18.6 Å². The van der Waals surface area contributed by atoms with E-state index < -0.39 is 0 Å². The van der Waals surface area contributed by atoms with Crippen LogP contribution in [0.1, 0.15) is 13.3 Å². The lowest BCUT2D eigenvalue weighted by atomic mass is 10.3. The smallest absolute Gasteiger partial charge is 0.257 e. The Labute approximate surface area is 121 Å². The van der Waals surface area contributed by atoms with Crippen molar-refractivity contribution in [3.63, 3.8) is 0 Å². The Morgan fingerprint density at radius 3 is 2.86 bits per heavy atom. The van der Waals surface area contributed by atoms with Gasteiger partial charge in [-0.15, -0.1) is 0 Å². The maximum atomic E-state index is 4.42. The zero-order valence-corrected chi connectivity index (χ0v) is 11.5. The number of hydrogen-bond donors (Lipinski definition) is 1. The molecular weight excluding hydrogens is 268 g/mol. The number of pyridine rings is 1. The standard InChI is InChI=1S/C13H14N8/c1-2-5-16-12-18-11(10-4-3-6-14-7-10)19-13(20-12)21-9-15-8-17-21/h3-4,6-9H,2,5H2,1H3,(H,16,18,19,20). The van der Waals surface area contributed by atoms with E-state index in [0.717, 1.165) is 18.5 Å². The van der Waals surface area contributed by atoms with Gasteiger partial charge in [-0.3, -0.25) is 4.98 Å². The van der Waals surface area contributed by atoms with E-state index in [1.54, 1.807) is 18.7 Å². The molecule has 21 heavy (non-hydrogen) atoms. The third kappa shape index (κ3) is 2.99. The summed E-state index contributed by atoms with van der Waals surface area (Å²) in [6.07, 6.45) is 7.38. The van der Waals surface area contributed by atoms with Crippen molar-refractivity contribution in [1.82, 2.24) is 34.7 Å². The summed E-state index contributed by atoms with van der Waals surface area (Å²) in [5, 5.41) is 7.21. The minimum absolute atomic E-state index is 0.417. The number of nitrogens with zero attached hydrogens (tertiary/aromatic N) is 7. The van der Waals surface area contributed by atoms with Crippen LogP contribution in [0.3, 0.4) is 0 Å². The summed E-state index contributed by atoms with van der Waals surface area (Å²) in [4.78, 5) is 21.2. The van der Waals surface area contributed by atoms with E-state index in [9.17, 15) is 0 Å². The van der Waals surface area contributed by atoms with Crippen molar-refractivity contribution in [3.8, 4) is 17.3 Å². The van der Waals surface area contributed by atoms with Gasteiger partial charge in [0.1, 0.15) is 12.7 Å². The van der Waals surface area contributed by atoms with Crippen LogP contribution in [0.4, 0.5) is 5.95 Å². The molecule has 3 aromatic heterocycles. The molecule has 3 rings (SSSR count). The van der Waals surface area contributed by atoms with Crippen LogP contribution in [0.25, 0.3) is 17.3 Å².